The van der Waals surface area contributed by atoms with Crippen molar-refractivity contribution in [3.8, 4) is 23.3 Å². The normalized spacial score (nSPS) is 14.2. The number of aryl methyl sites for hydroxylation is 3. The molecular formula is C35H28N2O5. The monoisotopic (exact) mass is 556 g/mol. The van der Waals surface area contributed by atoms with Crippen molar-refractivity contribution < 1.29 is 23.4 Å². The van der Waals surface area contributed by atoms with Gasteiger partial charge in [-0.1, -0.05) is 59.7 Å². The zero-order valence-corrected chi connectivity index (χ0v) is 23.4. The molecule has 0 radical (unpaired) electrons. The fourth-order valence-electron chi connectivity index (χ4n) is 5.13. The van der Waals surface area contributed by atoms with Crippen LogP contribution in [0.25, 0.3) is 11.0 Å². The molecule has 0 aliphatic carbocycles. The number of carbonyl (C=O) groups is 1. The average molecular weight is 557 g/mol. The van der Waals surface area contributed by atoms with Crippen LogP contribution in [-0.2, 0) is 6.61 Å². The number of nitrogens with zero attached hydrogens (tertiary/aromatic N) is 1. The zero-order chi connectivity index (χ0) is 29.4. The summed E-state index contributed by atoms with van der Waals surface area (Å²) < 4.78 is 23.2. The Kier molecular flexibility index (Phi) is 6.89. The van der Waals surface area contributed by atoms with Crippen LogP contribution in [0.4, 0.5) is 0 Å². The molecule has 6 rings (SSSR count). The van der Waals surface area contributed by atoms with Crippen molar-refractivity contribution in [2.45, 2.75) is 33.3 Å². The van der Waals surface area contributed by atoms with E-state index in [1.165, 1.54) is 5.56 Å². The molecule has 1 unspecified atom stereocenters. The Bertz CT molecular complexity index is 1890. The van der Waals surface area contributed by atoms with Crippen molar-refractivity contribution in [3.63, 3.8) is 0 Å². The second-order valence-corrected chi connectivity index (χ2v) is 10.4. The van der Waals surface area contributed by atoms with Crippen molar-refractivity contribution in [2.75, 3.05) is 0 Å². The zero-order valence-electron chi connectivity index (χ0n) is 23.4. The highest BCUT2D eigenvalue weighted by Crippen LogP contribution is 2.44. The number of furan rings is 1. The van der Waals surface area contributed by atoms with Gasteiger partial charge in [0.1, 0.15) is 41.1 Å². The van der Waals surface area contributed by atoms with Crippen molar-refractivity contribution >= 4 is 16.9 Å². The molecule has 5 aromatic rings. The predicted octanol–water partition coefficient (Wildman–Crippen LogP) is 7.37. The van der Waals surface area contributed by atoms with Crippen LogP contribution in [0.3, 0.4) is 0 Å². The lowest BCUT2D eigenvalue weighted by atomic mass is 9.83. The number of rotatable bonds is 6. The summed E-state index contributed by atoms with van der Waals surface area (Å²) in [6, 6.07) is 28.8. The number of hydrogen-bond acceptors (Lipinski definition) is 7. The van der Waals surface area contributed by atoms with E-state index in [1.807, 2.05) is 75.4 Å². The summed E-state index contributed by atoms with van der Waals surface area (Å²) in [6.07, 6.45) is 0. The van der Waals surface area contributed by atoms with Crippen LogP contribution in [0.1, 0.15) is 49.9 Å². The molecule has 2 heterocycles. The number of benzene rings is 4. The molecular weight excluding hydrogens is 528 g/mol. The molecule has 1 atom stereocenters. The van der Waals surface area contributed by atoms with Crippen molar-refractivity contribution in [1.29, 1.82) is 5.26 Å². The first-order valence-corrected chi connectivity index (χ1v) is 13.5. The smallest absolute Gasteiger partial charge is 0.379 e. The van der Waals surface area contributed by atoms with Gasteiger partial charge in [0, 0.05) is 22.6 Å². The van der Waals surface area contributed by atoms with Gasteiger partial charge in [-0.3, -0.25) is 0 Å². The van der Waals surface area contributed by atoms with E-state index >= 15 is 0 Å². The van der Waals surface area contributed by atoms with Crippen molar-refractivity contribution in [3.05, 3.63) is 136 Å². The highest BCUT2D eigenvalue weighted by Gasteiger charge is 2.31. The van der Waals surface area contributed by atoms with Crippen molar-refractivity contribution in [1.82, 2.24) is 0 Å². The lowest BCUT2D eigenvalue weighted by molar-refractivity contribution is 0.0702. The number of esters is 1. The van der Waals surface area contributed by atoms with Crippen LogP contribution in [0, 0.1) is 32.1 Å². The van der Waals surface area contributed by atoms with E-state index in [1.54, 1.807) is 18.2 Å². The lowest BCUT2D eigenvalue weighted by Crippen LogP contribution is -2.21. The van der Waals surface area contributed by atoms with Crippen LogP contribution in [0.5, 0.6) is 17.2 Å². The third-order valence-electron chi connectivity index (χ3n) is 7.42. The van der Waals surface area contributed by atoms with E-state index in [-0.39, 0.29) is 17.4 Å². The van der Waals surface area contributed by atoms with E-state index < -0.39 is 11.9 Å². The summed E-state index contributed by atoms with van der Waals surface area (Å²) in [6.45, 7) is 6.31. The second-order valence-electron chi connectivity index (χ2n) is 10.4. The summed E-state index contributed by atoms with van der Waals surface area (Å²) >= 11 is 0. The number of ether oxygens (including phenoxy) is 3. The molecule has 1 aliphatic heterocycles. The van der Waals surface area contributed by atoms with Gasteiger partial charge in [-0.2, -0.15) is 5.26 Å². The van der Waals surface area contributed by atoms with E-state index in [0.29, 0.717) is 34.8 Å². The highest BCUT2D eigenvalue weighted by atomic mass is 16.5. The predicted molar refractivity (Wildman–Crippen MR) is 158 cm³/mol. The van der Waals surface area contributed by atoms with E-state index in [2.05, 4.69) is 18.2 Å². The molecule has 0 bridgehead atoms. The molecule has 4 aromatic carbocycles. The summed E-state index contributed by atoms with van der Waals surface area (Å²) in [4.78, 5) is 13.1. The van der Waals surface area contributed by atoms with Crippen LogP contribution >= 0.6 is 0 Å². The first-order valence-electron chi connectivity index (χ1n) is 13.5. The second kappa shape index (κ2) is 10.8. The molecule has 7 nitrogen and oxygen atoms in total. The third kappa shape index (κ3) is 5.06. The Morgan fingerprint density at radius 3 is 2.36 bits per heavy atom. The fourth-order valence-corrected chi connectivity index (χ4v) is 5.13. The molecule has 1 aliphatic rings. The average Bonchev–Trinajstić information content (AvgIpc) is 3.32. The summed E-state index contributed by atoms with van der Waals surface area (Å²) in [5.41, 5.74) is 12.7. The van der Waals surface area contributed by atoms with E-state index in [9.17, 15) is 10.1 Å². The Labute approximate surface area is 243 Å². The van der Waals surface area contributed by atoms with Gasteiger partial charge in [-0.15, -0.1) is 0 Å². The third-order valence-corrected chi connectivity index (χ3v) is 7.42. The quantitative estimate of drug-likeness (QED) is 0.172. The Balaban J connectivity index is 1.24. The van der Waals surface area contributed by atoms with Crippen LogP contribution < -0.4 is 19.9 Å². The van der Waals surface area contributed by atoms with Gasteiger partial charge >= 0.3 is 5.97 Å². The first kappa shape index (κ1) is 26.7. The number of nitrogens with two attached hydrogens (primary N) is 1. The Morgan fingerprint density at radius 2 is 1.62 bits per heavy atom. The molecule has 0 fully saturated rings. The number of allylic oxidation sites excluding steroid dienone is 1. The Hall–Kier alpha value is -5.48. The topological polar surface area (TPSA) is 108 Å². The largest absolute Gasteiger partial charge is 0.489 e. The maximum Gasteiger partial charge on any atom is 0.379 e. The molecule has 2 N–H and O–H groups in total. The first-order chi connectivity index (χ1) is 20.3. The van der Waals surface area contributed by atoms with E-state index in [4.69, 9.17) is 24.4 Å². The van der Waals surface area contributed by atoms with Gasteiger partial charge in [0.25, 0.3) is 0 Å². The molecule has 1 aromatic heterocycles. The highest BCUT2D eigenvalue weighted by molar-refractivity contribution is 5.97. The molecule has 42 heavy (non-hydrogen) atoms. The lowest BCUT2D eigenvalue weighted by Gasteiger charge is -2.26. The minimum Gasteiger partial charge on any atom is -0.489 e. The molecule has 208 valence electrons. The molecule has 0 saturated heterocycles. The van der Waals surface area contributed by atoms with Gasteiger partial charge in [0.2, 0.25) is 11.6 Å². The molecule has 0 saturated carbocycles. The maximum atomic E-state index is 13.1. The van der Waals surface area contributed by atoms with Crippen LogP contribution in [0.15, 0.2) is 101 Å². The minimum atomic E-state index is -0.615. The molecule has 0 amide bonds. The fraction of sp³-hybridized carbons (Fsp3) is 0.143. The van der Waals surface area contributed by atoms with Gasteiger partial charge in [0.05, 0.1) is 5.92 Å². The summed E-state index contributed by atoms with van der Waals surface area (Å²) in [7, 11) is 0. The number of carbonyl (C=O) groups excluding carboxylic acids is 1. The minimum absolute atomic E-state index is 0.00155. The van der Waals surface area contributed by atoms with Gasteiger partial charge in [0.15, 0.2) is 0 Å². The van der Waals surface area contributed by atoms with Gasteiger partial charge in [-0.05, 0) is 62.2 Å². The van der Waals surface area contributed by atoms with Crippen molar-refractivity contribution in [2.24, 2.45) is 5.73 Å². The van der Waals surface area contributed by atoms with Crippen LogP contribution in [-0.4, -0.2) is 5.97 Å². The molecule has 0 spiro atoms. The molecule has 7 heteroatoms. The number of nitriles is 1. The number of fused-ring (bicyclic) bond motifs is 2. The standard InChI is InChI=1S/C35H28N2O5/c1-20-4-7-23(8-5-20)19-39-25-11-9-24(10-12-25)32-27-14-13-26(17-31(27)42-34(37)29(32)18-36)40-35(38)33-22(3)28-16-21(2)6-15-30(28)41-33/h4-17,32H,19,37H2,1-3H3. The summed E-state index contributed by atoms with van der Waals surface area (Å²) in [5, 5.41) is 10.8. The van der Waals surface area contributed by atoms with E-state index in [0.717, 1.165) is 27.6 Å². The van der Waals surface area contributed by atoms with Gasteiger partial charge < -0.3 is 24.4 Å². The SMILES string of the molecule is Cc1ccc(COc2ccc(C3C(C#N)=C(N)Oc4cc(OC(=O)c5oc6ccc(C)cc6c5C)ccc43)cc2)cc1. The summed E-state index contributed by atoms with van der Waals surface area (Å²) in [5.74, 6) is 0.441. The Morgan fingerprint density at radius 1 is 0.905 bits per heavy atom. The number of hydrogen-bond donors (Lipinski definition) is 1. The maximum absolute atomic E-state index is 13.1. The van der Waals surface area contributed by atoms with Gasteiger partial charge in [-0.25, -0.2) is 4.79 Å². The van der Waals surface area contributed by atoms with Crippen LogP contribution in [0.2, 0.25) is 0 Å².